The molecule has 0 N–H and O–H groups in total. The molecular formula is C29H28F3OS+. The van der Waals surface area contributed by atoms with Crippen molar-refractivity contribution < 1.29 is 17.9 Å². The van der Waals surface area contributed by atoms with E-state index in [9.17, 15) is 13.2 Å². The van der Waals surface area contributed by atoms with Gasteiger partial charge in [-0.3, -0.25) is 0 Å². The van der Waals surface area contributed by atoms with Gasteiger partial charge in [0.15, 0.2) is 14.7 Å². The number of alkyl halides is 3. The van der Waals surface area contributed by atoms with Crippen LogP contribution in [0.15, 0.2) is 130 Å². The number of rotatable bonds is 7. The quantitative estimate of drug-likeness (QED) is 0.190. The highest BCUT2D eigenvalue weighted by atomic mass is 32.2. The van der Waals surface area contributed by atoms with Gasteiger partial charge in [0.25, 0.3) is 0 Å². The molecule has 0 amide bonds. The van der Waals surface area contributed by atoms with Crippen LogP contribution in [0.2, 0.25) is 0 Å². The Bertz CT molecular complexity index is 1040. The lowest BCUT2D eigenvalue weighted by Gasteiger charge is -2.09. The second-order valence-electron chi connectivity index (χ2n) is 7.47. The minimum Gasteiger partial charge on any atom is -0.494 e. The van der Waals surface area contributed by atoms with Crippen LogP contribution in [0, 0.1) is 0 Å². The molecule has 0 aliphatic carbocycles. The molecule has 0 bridgehead atoms. The molecule has 0 spiro atoms. The fourth-order valence-corrected chi connectivity index (χ4v) is 5.24. The summed E-state index contributed by atoms with van der Waals surface area (Å²) in [5.74, 6) is 0.955. The second-order valence-corrected chi connectivity index (χ2v) is 9.50. The molecule has 0 aliphatic heterocycles. The van der Waals surface area contributed by atoms with Crippen molar-refractivity contribution in [2.45, 2.75) is 40.6 Å². The molecule has 0 heterocycles. The molecule has 0 aromatic heterocycles. The molecule has 0 atom stereocenters. The van der Waals surface area contributed by atoms with Gasteiger partial charge in [0.1, 0.15) is 5.75 Å². The van der Waals surface area contributed by atoms with Crippen molar-refractivity contribution in [2.75, 3.05) is 6.61 Å². The number of ether oxygens (including phenoxy) is 1. The van der Waals surface area contributed by atoms with Crippen LogP contribution in [0.1, 0.15) is 25.3 Å². The van der Waals surface area contributed by atoms with Gasteiger partial charge in [-0.1, -0.05) is 80.1 Å². The molecule has 0 unspecified atom stereocenters. The summed E-state index contributed by atoms with van der Waals surface area (Å²) in [6, 6.07) is 36.4. The predicted molar refractivity (Wildman–Crippen MR) is 133 cm³/mol. The van der Waals surface area contributed by atoms with Gasteiger partial charge in [0, 0.05) is 0 Å². The summed E-state index contributed by atoms with van der Waals surface area (Å²) in [6.07, 6.45) is -1.95. The Morgan fingerprint density at radius 2 is 1.06 bits per heavy atom. The number of halogens is 3. The Kier molecular flexibility index (Phi) is 9.65. The molecule has 4 aromatic carbocycles. The highest BCUT2D eigenvalue weighted by Gasteiger charge is 2.29. The number of hydrogen-bond acceptors (Lipinski definition) is 1. The van der Waals surface area contributed by atoms with Crippen LogP contribution in [-0.4, -0.2) is 6.61 Å². The van der Waals surface area contributed by atoms with Gasteiger partial charge in [0.2, 0.25) is 0 Å². The van der Waals surface area contributed by atoms with Crippen molar-refractivity contribution in [3.8, 4) is 5.75 Å². The van der Waals surface area contributed by atoms with Gasteiger partial charge in [-0.25, -0.2) is 0 Å². The Morgan fingerprint density at radius 3 is 1.47 bits per heavy atom. The molecular weight excluding hydrogens is 453 g/mol. The summed E-state index contributed by atoms with van der Waals surface area (Å²) in [5.41, 5.74) is -0.602. The fraction of sp³-hybridized carbons (Fsp3) is 0.172. The zero-order chi connectivity index (χ0) is 24.2. The maximum absolute atomic E-state index is 11.8. The zero-order valence-corrected chi connectivity index (χ0v) is 19.9. The molecule has 0 aliphatic rings. The summed E-state index contributed by atoms with van der Waals surface area (Å²) in [4.78, 5) is 3.99. The number of unbranched alkanes of at least 4 members (excludes halogenated alkanes) is 1. The van der Waals surface area contributed by atoms with Crippen molar-refractivity contribution in [1.82, 2.24) is 0 Å². The van der Waals surface area contributed by atoms with Crippen LogP contribution < -0.4 is 4.74 Å². The van der Waals surface area contributed by atoms with Crippen LogP contribution >= 0.6 is 0 Å². The van der Waals surface area contributed by atoms with Crippen molar-refractivity contribution in [2.24, 2.45) is 0 Å². The molecule has 176 valence electrons. The first-order valence-electron chi connectivity index (χ1n) is 11.2. The van der Waals surface area contributed by atoms with Gasteiger partial charge >= 0.3 is 6.18 Å². The van der Waals surface area contributed by atoms with E-state index >= 15 is 0 Å². The molecule has 4 rings (SSSR count). The molecule has 4 aromatic rings. The summed E-state index contributed by atoms with van der Waals surface area (Å²) >= 11 is 0. The van der Waals surface area contributed by atoms with E-state index in [4.69, 9.17) is 4.74 Å². The first-order valence-corrected chi connectivity index (χ1v) is 12.4. The fourth-order valence-electron chi connectivity index (χ4n) is 3.15. The van der Waals surface area contributed by atoms with Crippen LogP contribution in [0.4, 0.5) is 13.2 Å². The second kappa shape index (κ2) is 12.9. The lowest BCUT2D eigenvalue weighted by Crippen LogP contribution is -2.04. The zero-order valence-electron chi connectivity index (χ0n) is 19.0. The van der Waals surface area contributed by atoms with Crippen LogP contribution in [-0.2, 0) is 17.1 Å². The van der Waals surface area contributed by atoms with Crippen LogP contribution in [0.25, 0.3) is 0 Å². The Hall–Kier alpha value is -3.18. The monoisotopic (exact) mass is 481 g/mol. The van der Waals surface area contributed by atoms with Crippen molar-refractivity contribution >= 4 is 10.9 Å². The molecule has 1 nitrogen and oxygen atoms in total. The van der Waals surface area contributed by atoms with Crippen LogP contribution in [0.3, 0.4) is 0 Å². The average molecular weight is 482 g/mol. The topological polar surface area (TPSA) is 9.23 Å². The summed E-state index contributed by atoms with van der Waals surface area (Å²) in [5, 5.41) is 0. The normalized spacial score (nSPS) is 11.0. The molecule has 0 saturated carbocycles. The van der Waals surface area contributed by atoms with E-state index in [0.29, 0.717) is 0 Å². The number of benzene rings is 4. The van der Waals surface area contributed by atoms with Crippen molar-refractivity contribution in [3.63, 3.8) is 0 Å². The lowest BCUT2D eigenvalue weighted by molar-refractivity contribution is -0.137. The Morgan fingerprint density at radius 1 is 0.618 bits per heavy atom. The maximum Gasteiger partial charge on any atom is 0.416 e. The summed E-state index contributed by atoms with van der Waals surface area (Å²) in [7, 11) is -0.0858. The van der Waals surface area contributed by atoms with E-state index < -0.39 is 11.7 Å². The molecule has 0 radical (unpaired) electrons. The summed E-state index contributed by atoms with van der Waals surface area (Å²) in [6.45, 7) is 2.97. The van der Waals surface area contributed by atoms with E-state index in [0.717, 1.165) is 37.3 Å². The van der Waals surface area contributed by atoms with Crippen molar-refractivity contribution in [1.29, 1.82) is 0 Å². The maximum atomic E-state index is 11.8. The minimum atomic E-state index is -4.21. The van der Waals surface area contributed by atoms with Gasteiger partial charge in [-0.2, -0.15) is 13.2 Å². The van der Waals surface area contributed by atoms with Gasteiger partial charge in [-0.05, 0) is 55.0 Å². The van der Waals surface area contributed by atoms with Gasteiger partial charge in [0.05, 0.1) is 23.1 Å². The van der Waals surface area contributed by atoms with E-state index in [1.54, 1.807) is 6.07 Å². The van der Waals surface area contributed by atoms with E-state index in [1.807, 2.05) is 0 Å². The van der Waals surface area contributed by atoms with E-state index in [2.05, 4.69) is 91.9 Å². The van der Waals surface area contributed by atoms with Gasteiger partial charge in [-0.15, -0.1) is 0 Å². The average Bonchev–Trinajstić information content (AvgIpc) is 2.87. The standard InChI is InChI=1S/C22H23OS.C7H5F3/c1-2-3-18-23-19-14-16-22(17-15-19)24(20-10-6-4-7-11-20)21-12-8-5-9-13-21;8-7(9,10)6-4-2-1-3-5-6/h4-17H,2-3,18H2,1H3;1-5H/q+1;. The smallest absolute Gasteiger partial charge is 0.416 e. The first-order chi connectivity index (χ1) is 16.5. The van der Waals surface area contributed by atoms with Crippen LogP contribution in [0.5, 0.6) is 5.75 Å². The molecule has 5 heteroatoms. The largest absolute Gasteiger partial charge is 0.494 e. The Labute approximate surface area is 202 Å². The highest BCUT2D eigenvalue weighted by Crippen LogP contribution is 2.32. The third-order valence-electron chi connectivity index (χ3n) is 4.88. The predicted octanol–water partition coefficient (Wildman–Crippen LogP) is 8.67. The molecule has 0 saturated heterocycles. The first kappa shape index (κ1) is 25.4. The van der Waals surface area contributed by atoms with Gasteiger partial charge < -0.3 is 4.74 Å². The van der Waals surface area contributed by atoms with Crippen molar-refractivity contribution in [3.05, 3.63) is 121 Å². The number of hydrogen-bond donors (Lipinski definition) is 0. The van der Waals surface area contributed by atoms with E-state index in [-0.39, 0.29) is 10.9 Å². The minimum absolute atomic E-state index is 0.0858. The Balaban J connectivity index is 0.000000271. The SMILES string of the molecule is CCCCOc1ccc([S+](c2ccccc2)c2ccccc2)cc1.FC(F)(F)c1ccccc1. The van der Waals surface area contributed by atoms with E-state index in [1.165, 1.54) is 26.8 Å². The molecule has 0 fully saturated rings. The third kappa shape index (κ3) is 7.70. The highest BCUT2D eigenvalue weighted by molar-refractivity contribution is 7.97. The lowest BCUT2D eigenvalue weighted by atomic mass is 10.2. The molecule has 34 heavy (non-hydrogen) atoms. The summed E-state index contributed by atoms with van der Waals surface area (Å²) < 4.78 is 41.2. The third-order valence-corrected chi connectivity index (χ3v) is 7.12.